The Morgan fingerprint density at radius 3 is 2.70 bits per heavy atom. The molecular formula is C8H6IN. The Kier molecular flexibility index (Phi) is 2.28. The molecule has 0 spiro atoms. The molecule has 0 aliphatic carbocycles. The van der Waals surface area contributed by atoms with Gasteiger partial charge in [-0.2, -0.15) is 0 Å². The van der Waals surface area contributed by atoms with Crippen LogP contribution < -0.4 is 0 Å². The molecule has 0 N–H and O–H groups in total. The van der Waals surface area contributed by atoms with Gasteiger partial charge in [0, 0.05) is 3.57 Å². The third-order valence-corrected chi connectivity index (χ3v) is 2.13. The third kappa shape index (κ3) is 1.48. The van der Waals surface area contributed by atoms with Gasteiger partial charge in [0.25, 0.3) is 0 Å². The summed E-state index contributed by atoms with van der Waals surface area (Å²) in [5, 5.41) is 0. The molecule has 0 saturated heterocycles. The summed E-state index contributed by atoms with van der Waals surface area (Å²) in [6.45, 7) is 8.79. The van der Waals surface area contributed by atoms with Crippen molar-refractivity contribution in [3.05, 3.63) is 38.7 Å². The molecule has 1 nitrogen and oxygen atoms in total. The zero-order valence-corrected chi connectivity index (χ0v) is 7.71. The lowest BCUT2D eigenvalue weighted by Gasteiger charge is -1.94. The first-order chi connectivity index (χ1) is 4.74. The van der Waals surface area contributed by atoms with Gasteiger partial charge >= 0.3 is 0 Å². The summed E-state index contributed by atoms with van der Waals surface area (Å²) in [7, 11) is 0. The Balaban J connectivity index is 3.25. The maximum atomic E-state index is 6.80. The molecule has 1 aromatic rings. The summed E-state index contributed by atoms with van der Waals surface area (Å²) in [6.07, 6.45) is 0. The van der Waals surface area contributed by atoms with E-state index >= 15 is 0 Å². The lowest BCUT2D eigenvalue weighted by Crippen LogP contribution is -1.73. The van der Waals surface area contributed by atoms with Crippen molar-refractivity contribution in [2.24, 2.45) is 0 Å². The molecule has 1 rings (SSSR count). The van der Waals surface area contributed by atoms with E-state index in [1.807, 2.05) is 25.1 Å². The second-order valence-corrected chi connectivity index (χ2v) is 3.23. The third-order valence-electron chi connectivity index (χ3n) is 1.22. The number of hydrogen-bond acceptors (Lipinski definition) is 0. The van der Waals surface area contributed by atoms with E-state index in [9.17, 15) is 0 Å². The van der Waals surface area contributed by atoms with E-state index in [0.29, 0.717) is 0 Å². The first kappa shape index (κ1) is 7.55. The molecule has 0 unspecified atom stereocenters. The van der Waals surface area contributed by atoms with Gasteiger partial charge in [0.2, 0.25) is 5.69 Å². The summed E-state index contributed by atoms with van der Waals surface area (Å²) in [5.41, 5.74) is 1.90. The van der Waals surface area contributed by atoms with Crippen LogP contribution in [0.3, 0.4) is 0 Å². The van der Waals surface area contributed by atoms with E-state index in [0.717, 1.165) is 14.8 Å². The topological polar surface area (TPSA) is 4.36 Å². The van der Waals surface area contributed by atoms with Crippen LogP contribution in [0.25, 0.3) is 4.85 Å². The van der Waals surface area contributed by atoms with Crippen molar-refractivity contribution in [3.63, 3.8) is 0 Å². The normalized spacial score (nSPS) is 8.90. The lowest BCUT2D eigenvalue weighted by molar-refractivity contribution is 1.47. The van der Waals surface area contributed by atoms with Crippen molar-refractivity contribution < 1.29 is 0 Å². The van der Waals surface area contributed by atoms with Crippen molar-refractivity contribution in [2.45, 2.75) is 6.92 Å². The molecule has 1 aromatic carbocycles. The second-order valence-electron chi connectivity index (χ2n) is 2.07. The van der Waals surface area contributed by atoms with Gasteiger partial charge < -0.3 is 0 Å². The molecule has 2 heteroatoms. The second kappa shape index (κ2) is 3.02. The Morgan fingerprint density at radius 1 is 1.50 bits per heavy atom. The number of hydrogen-bond donors (Lipinski definition) is 0. The minimum atomic E-state index is 0.751. The zero-order valence-electron chi connectivity index (χ0n) is 5.56. The van der Waals surface area contributed by atoms with E-state index < -0.39 is 0 Å². The molecule has 0 atom stereocenters. The first-order valence-electron chi connectivity index (χ1n) is 2.87. The quantitative estimate of drug-likeness (QED) is 0.487. The standard InChI is InChI=1S/C8H6IN/c1-6-3-4-7(9)8(5-6)10-2/h3-5H,1H3. The van der Waals surface area contributed by atoms with Crippen LogP contribution in [0.1, 0.15) is 5.56 Å². The molecule has 0 aromatic heterocycles. The van der Waals surface area contributed by atoms with Gasteiger partial charge in [-0.1, -0.05) is 46.4 Å². The fourth-order valence-electron chi connectivity index (χ4n) is 0.708. The highest BCUT2D eigenvalue weighted by molar-refractivity contribution is 14.1. The summed E-state index contributed by atoms with van der Waals surface area (Å²) in [4.78, 5) is 3.37. The summed E-state index contributed by atoms with van der Waals surface area (Å²) >= 11 is 2.16. The molecule has 0 saturated carbocycles. The number of halogens is 1. The van der Waals surface area contributed by atoms with Crippen molar-refractivity contribution in [1.82, 2.24) is 0 Å². The Labute approximate surface area is 74.0 Å². The lowest BCUT2D eigenvalue weighted by atomic mass is 10.2. The number of benzene rings is 1. The summed E-state index contributed by atoms with van der Waals surface area (Å²) in [6, 6.07) is 5.87. The van der Waals surface area contributed by atoms with E-state index in [1.165, 1.54) is 0 Å². The van der Waals surface area contributed by atoms with Crippen LogP contribution in [0.4, 0.5) is 5.69 Å². The first-order valence-corrected chi connectivity index (χ1v) is 3.95. The van der Waals surface area contributed by atoms with Gasteiger partial charge in [-0.15, -0.1) is 0 Å². The minimum Gasteiger partial charge on any atom is -0.237 e. The number of nitrogens with zero attached hydrogens (tertiary/aromatic N) is 1. The van der Waals surface area contributed by atoms with E-state index in [-0.39, 0.29) is 0 Å². The van der Waals surface area contributed by atoms with Gasteiger partial charge in [-0.05, 0) is 6.92 Å². The smallest absolute Gasteiger partial charge is 0.200 e. The monoisotopic (exact) mass is 243 g/mol. The molecule has 10 heavy (non-hydrogen) atoms. The van der Waals surface area contributed by atoms with Gasteiger partial charge in [-0.3, -0.25) is 0 Å². The van der Waals surface area contributed by atoms with Crippen LogP contribution >= 0.6 is 22.6 Å². The summed E-state index contributed by atoms with van der Waals surface area (Å²) in [5.74, 6) is 0. The maximum Gasteiger partial charge on any atom is 0.200 e. The molecule has 0 bridgehead atoms. The van der Waals surface area contributed by atoms with Crippen LogP contribution in [0.5, 0.6) is 0 Å². The van der Waals surface area contributed by atoms with Crippen LogP contribution in [0, 0.1) is 17.1 Å². The van der Waals surface area contributed by atoms with Crippen molar-refractivity contribution in [3.8, 4) is 0 Å². The average Bonchev–Trinajstić information content (AvgIpc) is 1.94. The maximum absolute atomic E-state index is 6.80. The highest BCUT2D eigenvalue weighted by atomic mass is 127. The molecule has 0 amide bonds. The fourth-order valence-corrected chi connectivity index (χ4v) is 1.16. The van der Waals surface area contributed by atoms with Gasteiger partial charge in [0.05, 0.1) is 6.57 Å². The van der Waals surface area contributed by atoms with Crippen molar-refractivity contribution in [2.75, 3.05) is 0 Å². The predicted molar refractivity (Wildman–Crippen MR) is 50.2 cm³/mol. The van der Waals surface area contributed by atoms with Crippen molar-refractivity contribution >= 4 is 28.3 Å². The molecule has 0 aliphatic rings. The molecule has 0 radical (unpaired) electrons. The minimum absolute atomic E-state index is 0.751. The number of aryl methyl sites for hydroxylation is 1. The number of rotatable bonds is 0. The van der Waals surface area contributed by atoms with Crippen LogP contribution in [-0.2, 0) is 0 Å². The van der Waals surface area contributed by atoms with Gasteiger partial charge in [0.1, 0.15) is 0 Å². The predicted octanol–water partition coefficient (Wildman–Crippen LogP) is 3.15. The fraction of sp³-hybridized carbons (Fsp3) is 0.125. The van der Waals surface area contributed by atoms with Gasteiger partial charge in [0.15, 0.2) is 0 Å². The van der Waals surface area contributed by atoms with E-state index in [4.69, 9.17) is 6.57 Å². The zero-order chi connectivity index (χ0) is 7.56. The Hall–Kier alpha value is -0.560. The van der Waals surface area contributed by atoms with E-state index in [1.54, 1.807) is 0 Å². The van der Waals surface area contributed by atoms with Gasteiger partial charge in [-0.25, -0.2) is 4.85 Å². The highest BCUT2D eigenvalue weighted by Crippen LogP contribution is 2.21. The molecule has 0 fully saturated rings. The SMILES string of the molecule is [C-]#[N+]c1cc(C)ccc1I. The van der Waals surface area contributed by atoms with Crippen LogP contribution in [0.2, 0.25) is 0 Å². The Bertz CT molecular complexity index is 286. The van der Waals surface area contributed by atoms with Crippen LogP contribution in [-0.4, -0.2) is 0 Å². The largest absolute Gasteiger partial charge is 0.237 e. The van der Waals surface area contributed by atoms with Crippen LogP contribution in [0.15, 0.2) is 18.2 Å². The molecular weight excluding hydrogens is 237 g/mol. The molecule has 50 valence electrons. The van der Waals surface area contributed by atoms with E-state index in [2.05, 4.69) is 27.4 Å². The molecule has 0 heterocycles. The Morgan fingerprint density at radius 2 is 2.20 bits per heavy atom. The average molecular weight is 243 g/mol. The van der Waals surface area contributed by atoms with Crippen molar-refractivity contribution in [1.29, 1.82) is 0 Å². The molecule has 0 aliphatic heterocycles. The summed E-state index contributed by atoms with van der Waals surface area (Å²) < 4.78 is 1.03. The highest BCUT2D eigenvalue weighted by Gasteiger charge is 1.96.